The maximum Gasteiger partial charge on any atom is 0.351 e. The van der Waals surface area contributed by atoms with Crippen molar-refractivity contribution in [3.8, 4) is 0 Å². The van der Waals surface area contributed by atoms with Crippen LogP contribution in [-0.2, 0) is 4.74 Å². The lowest BCUT2D eigenvalue weighted by atomic mass is 10.0. The van der Waals surface area contributed by atoms with Crippen molar-refractivity contribution in [2.75, 3.05) is 24.6 Å². The Labute approximate surface area is 154 Å². The molecule has 0 aliphatic rings. The van der Waals surface area contributed by atoms with Crippen molar-refractivity contribution in [3.05, 3.63) is 52.9 Å². The largest absolute Gasteiger partial charge is 0.462 e. The van der Waals surface area contributed by atoms with Gasteiger partial charge in [0.2, 0.25) is 0 Å². The van der Waals surface area contributed by atoms with Gasteiger partial charge in [-0.1, -0.05) is 13.0 Å². The summed E-state index contributed by atoms with van der Waals surface area (Å²) in [5.41, 5.74) is 0.738. The molecule has 1 atom stereocenters. The minimum absolute atomic E-state index is 0.0687. The van der Waals surface area contributed by atoms with E-state index in [2.05, 4.69) is 32.3 Å². The Kier molecular flexibility index (Phi) is 7.01. The van der Waals surface area contributed by atoms with E-state index < -0.39 is 11.6 Å². The smallest absolute Gasteiger partial charge is 0.351 e. The molecule has 140 valence electrons. The first kappa shape index (κ1) is 19.8. The highest BCUT2D eigenvalue weighted by molar-refractivity contribution is 5.93. The molecule has 1 aromatic carbocycles. The van der Waals surface area contributed by atoms with Gasteiger partial charge in [-0.3, -0.25) is 0 Å². The molecule has 1 aromatic heterocycles. The van der Waals surface area contributed by atoms with Crippen LogP contribution in [0.2, 0.25) is 0 Å². The predicted octanol–water partition coefficient (Wildman–Crippen LogP) is 4.40. The summed E-state index contributed by atoms with van der Waals surface area (Å²) < 4.78 is 10.5. The van der Waals surface area contributed by atoms with Crippen LogP contribution in [0.3, 0.4) is 0 Å². The number of anilines is 1. The molecule has 1 heterocycles. The number of hydrogen-bond acceptors (Lipinski definition) is 5. The number of allylic oxidation sites excluding steroid dienone is 1. The van der Waals surface area contributed by atoms with Crippen molar-refractivity contribution in [1.29, 1.82) is 0 Å². The molecule has 0 aliphatic heterocycles. The number of carbonyl (C=O) groups excluding carboxylic acids is 1. The molecule has 1 unspecified atom stereocenters. The van der Waals surface area contributed by atoms with Gasteiger partial charge in [0.1, 0.15) is 11.1 Å². The fourth-order valence-corrected chi connectivity index (χ4v) is 2.91. The molecule has 5 heteroatoms. The maximum atomic E-state index is 12.3. The van der Waals surface area contributed by atoms with E-state index >= 15 is 0 Å². The highest BCUT2D eigenvalue weighted by atomic mass is 16.5. The lowest BCUT2D eigenvalue weighted by Gasteiger charge is -2.21. The van der Waals surface area contributed by atoms with Gasteiger partial charge in [0.05, 0.1) is 6.61 Å². The van der Waals surface area contributed by atoms with Crippen molar-refractivity contribution in [2.45, 2.75) is 33.6 Å². The van der Waals surface area contributed by atoms with Crippen LogP contribution in [0.25, 0.3) is 11.0 Å². The zero-order chi connectivity index (χ0) is 19.1. The average Bonchev–Trinajstić information content (AvgIpc) is 2.65. The molecule has 0 bridgehead atoms. The van der Waals surface area contributed by atoms with Crippen LogP contribution in [0.15, 0.2) is 46.1 Å². The lowest BCUT2D eigenvalue weighted by Crippen LogP contribution is -2.21. The third-order valence-electron chi connectivity index (χ3n) is 4.64. The molecule has 0 spiro atoms. The number of carbonyl (C=O) groups is 1. The van der Waals surface area contributed by atoms with E-state index in [0.29, 0.717) is 23.3 Å². The van der Waals surface area contributed by atoms with Crippen molar-refractivity contribution in [3.63, 3.8) is 0 Å². The van der Waals surface area contributed by atoms with Crippen molar-refractivity contribution < 1.29 is 13.9 Å². The van der Waals surface area contributed by atoms with Crippen LogP contribution in [0.4, 0.5) is 5.69 Å². The van der Waals surface area contributed by atoms with Gasteiger partial charge in [0.25, 0.3) is 0 Å². The minimum Gasteiger partial charge on any atom is -0.462 e. The number of ether oxygens (including phenoxy) is 1. The van der Waals surface area contributed by atoms with E-state index in [-0.39, 0.29) is 12.2 Å². The van der Waals surface area contributed by atoms with Gasteiger partial charge in [-0.25, -0.2) is 9.59 Å². The second-order valence-corrected chi connectivity index (χ2v) is 6.17. The van der Waals surface area contributed by atoms with Crippen molar-refractivity contribution in [1.82, 2.24) is 0 Å². The molecule has 2 aromatic rings. The Morgan fingerprint density at radius 2 is 2.00 bits per heavy atom. The topological polar surface area (TPSA) is 59.8 Å². The second-order valence-electron chi connectivity index (χ2n) is 6.17. The Hall–Kier alpha value is -2.56. The maximum absolute atomic E-state index is 12.3. The van der Waals surface area contributed by atoms with E-state index in [0.717, 1.165) is 25.2 Å². The van der Waals surface area contributed by atoms with Gasteiger partial charge in [-0.05, 0) is 56.9 Å². The molecule has 2 rings (SSSR count). The van der Waals surface area contributed by atoms with Gasteiger partial charge >= 0.3 is 11.6 Å². The molecule has 0 saturated carbocycles. The van der Waals surface area contributed by atoms with Crippen LogP contribution >= 0.6 is 0 Å². The van der Waals surface area contributed by atoms with Crippen LogP contribution in [0.5, 0.6) is 0 Å². The first-order valence-corrected chi connectivity index (χ1v) is 9.16. The highest BCUT2D eigenvalue weighted by Crippen LogP contribution is 2.22. The van der Waals surface area contributed by atoms with Gasteiger partial charge in [-0.2, -0.15) is 0 Å². The summed E-state index contributed by atoms with van der Waals surface area (Å²) >= 11 is 0. The molecule has 0 fully saturated rings. The first-order chi connectivity index (χ1) is 12.5. The van der Waals surface area contributed by atoms with Gasteiger partial charge in [0, 0.05) is 24.2 Å². The fraction of sp³-hybridized carbons (Fsp3) is 0.429. The molecule has 0 saturated heterocycles. The summed E-state index contributed by atoms with van der Waals surface area (Å²) in [5, 5.41) is 0.707. The number of esters is 1. The molecule has 5 nitrogen and oxygen atoms in total. The average molecular weight is 357 g/mol. The molecule has 0 aliphatic carbocycles. The van der Waals surface area contributed by atoms with Crippen LogP contribution < -0.4 is 10.5 Å². The first-order valence-electron chi connectivity index (χ1n) is 9.16. The number of fused-ring (bicyclic) bond motifs is 1. The summed E-state index contributed by atoms with van der Waals surface area (Å²) in [6.45, 7) is 12.0. The van der Waals surface area contributed by atoms with E-state index in [9.17, 15) is 9.59 Å². The second kappa shape index (κ2) is 9.22. The highest BCUT2D eigenvalue weighted by Gasteiger charge is 2.16. The van der Waals surface area contributed by atoms with E-state index in [1.807, 2.05) is 18.2 Å². The Morgan fingerprint density at radius 1 is 1.27 bits per heavy atom. The quantitative estimate of drug-likeness (QED) is 0.378. The zero-order valence-electron chi connectivity index (χ0n) is 15.8. The molecular weight excluding hydrogens is 330 g/mol. The third-order valence-corrected chi connectivity index (χ3v) is 4.64. The number of benzene rings is 1. The van der Waals surface area contributed by atoms with E-state index in [4.69, 9.17) is 9.15 Å². The van der Waals surface area contributed by atoms with Crippen LogP contribution in [-0.4, -0.2) is 25.7 Å². The normalized spacial score (nSPS) is 12.0. The standard InChI is InChI=1S/C21H27NO4/c1-5-15(6-2)11-12-25-20(23)18-14-16-13-17(22(7-3)8-4)9-10-19(16)26-21(18)24/h5,9-10,13-15H,1,6-8,11-12H2,2-4H3. The Balaban J connectivity index is 2.23. The van der Waals surface area contributed by atoms with E-state index in [1.54, 1.807) is 12.1 Å². The van der Waals surface area contributed by atoms with Crippen molar-refractivity contribution in [2.24, 2.45) is 5.92 Å². The van der Waals surface area contributed by atoms with Crippen LogP contribution in [0.1, 0.15) is 44.0 Å². The number of rotatable bonds is 9. The van der Waals surface area contributed by atoms with Crippen molar-refractivity contribution >= 4 is 22.6 Å². The van der Waals surface area contributed by atoms with Gasteiger partial charge in [0.15, 0.2) is 0 Å². The SMILES string of the molecule is C=CC(CC)CCOC(=O)c1cc2cc(N(CC)CC)ccc2oc1=O. The summed E-state index contributed by atoms with van der Waals surface area (Å²) in [7, 11) is 0. The molecule has 0 amide bonds. The number of nitrogens with zero attached hydrogens (tertiary/aromatic N) is 1. The molecule has 0 N–H and O–H groups in total. The summed E-state index contributed by atoms with van der Waals surface area (Å²) in [6, 6.07) is 7.15. The summed E-state index contributed by atoms with van der Waals surface area (Å²) in [4.78, 5) is 26.6. The molecule has 0 radical (unpaired) electrons. The molecule has 26 heavy (non-hydrogen) atoms. The number of hydrogen-bond donors (Lipinski definition) is 0. The van der Waals surface area contributed by atoms with Gasteiger partial charge in [-0.15, -0.1) is 6.58 Å². The molecular formula is C21H27NO4. The monoisotopic (exact) mass is 357 g/mol. The summed E-state index contributed by atoms with van der Waals surface area (Å²) in [6.07, 6.45) is 3.48. The minimum atomic E-state index is -0.672. The van der Waals surface area contributed by atoms with Crippen LogP contribution in [0, 0.1) is 5.92 Å². The van der Waals surface area contributed by atoms with Gasteiger partial charge < -0.3 is 14.1 Å². The zero-order valence-corrected chi connectivity index (χ0v) is 15.8. The predicted molar refractivity (Wildman–Crippen MR) is 105 cm³/mol. The Morgan fingerprint density at radius 3 is 2.62 bits per heavy atom. The Bertz CT molecular complexity index is 820. The van der Waals surface area contributed by atoms with E-state index in [1.165, 1.54) is 0 Å². The fourth-order valence-electron chi connectivity index (χ4n) is 2.91. The summed E-state index contributed by atoms with van der Waals surface area (Å²) in [5.74, 6) is -0.347. The lowest BCUT2D eigenvalue weighted by molar-refractivity contribution is 0.0484. The third kappa shape index (κ3) is 4.54.